The highest BCUT2D eigenvalue weighted by molar-refractivity contribution is 7.19. The molecule has 0 radical (unpaired) electrons. The van der Waals surface area contributed by atoms with Crippen molar-refractivity contribution in [1.29, 1.82) is 0 Å². The van der Waals surface area contributed by atoms with Gasteiger partial charge in [0.25, 0.3) is 0 Å². The van der Waals surface area contributed by atoms with Gasteiger partial charge in [0.05, 0.1) is 4.34 Å². The number of nitrogens with zero attached hydrogens (tertiary/aromatic N) is 1. The molecular formula is C13H8ClNO3S. The summed E-state index contributed by atoms with van der Waals surface area (Å²) >= 11 is 7.39. The smallest absolute Gasteiger partial charge is 0.358 e. The number of thiophene rings is 1. The van der Waals surface area contributed by atoms with E-state index < -0.39 is 5.97 Å². The van der Waals surface area contributed by atoms with Crippen molar-refractivity contribution >= 4 is 34.6 Å². The minimum atomic E-state index is -1.09. The largest absolute Gasteiger partial charge is 0.476 e. The summed E-state index contributed by atoms with van der Waals surface area (Å²) in [5.41, 5.74) is 2.35. The van der Waals surface area contributed by atoms with Crippen LogP contribution in [0.15, 0.2) is 35.5 Å². The summed E-state index contributed by atoms with van der Waals surface area (Å²) in [6.07, 6.45) is 0. The number of carboxylic acids is 1. The Kier molecular flexibility index (Phi) is 3.00. The maximum Gasteiger partial charge on any atom is 0.358 e. The van der Waals surface area contributed by atoms with Gasteiger partial charge in [-0.15, -0.1) is 11.3 Å². The van der Waals surface area contributed by atoms with Crippen molar-refractivity contribution in [2.45, 2.75) is 6.61 Å². The molecule has 6 heteroatoms. The maximum absolute atomic E-state index is 11.0. The van der Waals surface area contributed by atoms with Gasteiger partial charge in [-0.3, -0.25) is 0 Å². The molecule has 2 aromatic rings. The van der Waals surface area contributed by atoms with E-state index in [1.165, 1.54) is 11.3 Å². The summed E-state index contributed by atoms with van der Waals surface area (Å²) in [6, 6.07) is 9.31. The monoisotopic (exact) mass is 293 g/mol. The molecule has 1 N–H and O–H groups in total. The first kappa shape index (κ1) is 12.2. The summed E-state index contributed by atoms with van der Waals surface area (Å²) in [5, 5.41) is 12.6. The van der Waals surface area contributed by atoms with Gasteiger partial charge in [0.2, 0.25) is 0 Å². The van der Waals surface area contributed by atoms with E-state index in [-0.39, 0.29) is 12.3 Å². The molecule has 0 amide bonds. The molecule has 1 aliphatic heterocycles. The van der Waals surface area contributed by atoms with Gasteiger partial charge in [-0.2, -0.15) is 0 Å². The van der Waals surface area contributed by atoms with Crippen molar-refractivity contribution in [2.75, 3.05) is 0 Å². The number of hydrogen-bond donors (Lipinski definition) is 1. The van der Waals surface area contributed by atoms with E-state index >= 15 is 0 Å². The van der Waals surface area contributed by atoms with E-state index in [9.17, 15) is 4.79 Å². The van der Waals surface area contributed by atoms with Crippen LogP contribution in [0.2, 0.25) is 4.34 Å². The Balaban J connectivity index is 2.06. The van der Waals surface area contributed by atoms with Crippen LogP contribution in [-0.2, 0) is 16.2 Å². The summed E-state index contributed by atoms with van der Waals surface area (Å²) in [4.78, 5) is 17.0. The normalized spacial score (nSPS) is 13.4. The van der Waals surface area contributed by atoms with E-state index in [2.05, 4.69) is 5.16 Å². The van der Waals surface area contributed by atoms with Gasteiger partial charge in [0, 0.05) is 16.0 Å². The van der Waals surface area contributed by atoms with Crippen molar-refractivity contribution in [3.05, 3.63) is 45.8 Å². The number of carbonyl (C=O) groups is 1. The molecule has 0 saturated heterocycles. The van der Waals surface area contributed by atoms with E-state index in [1.54, 1.807) is 6.07 Å². The van der Waals surface area contributed by atoms with Crippen molar-refractivity contribution in [3.8, 4) is 10.4 Å². The lowest BCUT2D eigenvalue weighted by molar-refractivity contribution is -0.129. The van der Waals surface area contributed by atoms with Crippen LogP contribution in [0, 0.1) is 0 Å². The predicted octanol–water partition coefficient (Wildman–Crippen LogP) is 3.39. The quantitative estimate of drug-likeness (QED) is 0.923. The van der Waals surface area contributed by atoms with Gasteiger partial charge in [-0.25, -0.2) is 4.79 Å². The first-order valence-corrected chi connectivity index (χ1v) is 6.67. The lowest BCUT2D eigenvalue weighted by Crippen LogP contribution is -2.20. The molecule has 0 fully saturated rings. The zero-order valence-corrected chi connectivity index (χ0v) is 11.2. The van der Waals surface area contributed by atoms with Crippen molar-refractivity contribution in [3.63, 3.8) is 0 Å². The molecule has 1 aromatic carbocycles. The van der Waals surface area contributed by atoms with E-state index in [1.807, 2.05) is 24.3 Å². The predicted molar refractivity (Wildman–Crippen MR) is 73.7 cm³/mol. The van der Waals surface area contributed by atoms with Crippen LogP contribution < -0.4 is 0 Å². The molecule has 2 heterocycles. The first-order valence-electron chi connectivity index (χ1n) is 5.47. The van der Waals surface area contributed by atoms with Gasteiger partial charge in [-0.1, -0.05) is 28.9 Å². The molecule has 0 unspecified atom stereocenters. The van der Waals surface area contributed by atoms with Gasteiger partial charge in [-0.05, 0) is 23.8 Å². The van der Waals surface area contributed by atoms with Crippen LogP contribution in [0.5, 0.6) is 0 Å². The van der Waals surface area contributed by atoms with Crippen LogP contribution in [0.4, 0.5) is 0 Å². The molecule has 19 heavy (non-hydrogen) atoms. The SMILES string of the molecule is O=C(O)C1=NOCc2cc(-c3ccc(Cl)s3)ccc21. The summed E-state index contributed by atoms with van der Waals surface area (Å²) in [7, 11) is 0. The molecule has 1 aromatic heterocycles. The second kappa shape index (κ2) is 4.68. The highest BCUT2D eigenvalue weighted by Crippen LogP contribution is 2.32. The molecule has 4 nitrogen and oxygen atoms in total. The average Bonchev–Trinajstić information content (AvgIpc) is 2.84. The maximum atomic E-state index is 11.0. The number of rotatable bonds is 2. The fourth-order valence-electron chi connectivity index (χ4n) is 1.94. The van der Waals surface area contributed by atoms with Gasteiger partial charge in [0.1, 0.15) is 6.61 Å². The number of hydrogen-bond acceptors (Lipinski definition) is 4. The highest BCUT2D eigenvalue weighted by Gasteiger charge is 2.22. The Labute approximate surface area is 117 Å². The van der Waals surface area contributed by atoms with Gasteiger partial charge in [0.15, 0.2) is 5.71 Å². The van der Waals surface area contributed by atoms with Crippen molar-refractivity contribution in [2.24, 2.45) is 5.16 Å². The Bertz CT molecular complexity index is 693. The fraction of sp³-hybridized carbons (Fsp3) is 0.0769. The lowest BCUT2D eigenvalue weighted by atomic mass is 9.99. The number of fused-ring (bicyclic) bond motifs is 1. The summed E-state index contributed by atoms with van der Waals surface area (Å²) in [6.45, 7) is 0.277. The van der Waals surface area contributed by atoms with Gasteiger partial charge < -0.3 is 9.94 Å². The molecule has 0 aliphatic carbocycles. The molecular weight excluding hydrogens is 286 g/mol. The minimum absolute atomic E-state index is 0.0583. The Morgan fingerprint density at radius 1 is 1.37 bits per heavy atom. The van der Waals surface area contributed by atoms with E-state index in [4.69, 9.17) is 21.5 Å². The summed E-state index contributed by atoms with van der Waals surface area (Å²) < 4.78 is 0.719. The first-order chi connectivity index (χ1) is 9.15. The third-order valence-electron chi connectivity index (χ3n) is 2.80. The van der Waals surface area contributed by atoms with Crippen molar-refractivity contribution < 1.29 is 14.7 Å². The summed E-state index contributed by atoms with van der Waals surface area (Å²) in [5.74, 6) is -1.09. The van der Waals surface area contributed by atoms with E-state index in [0.717, 1.165) is 20.3 Å². The van der Waals surface area contributed by atoms with E-state index in [0.29, 0.717) is 5.56 Å². The van der Waals surface area contributed by atoms with Gasteiger partial charge >= 0.3 is 5.97 Å². The third-order valence-corrected chi connectivity index (χ3v) is 4.08. The van der Waals surface area contributed by atoms with Crippen LogP contribution in [0.1, 0.15) is 11.1 Å². The second-order valence-electron chi connectivity index (χ2n) is 3.99. The highest BCUT2D eigenvalue weighted by atomic mass is 35.5. The molecule has 0 atom stereocenters. The number of halogens is 1. The molecule has 3 rings (SSSR count). The zero-order valence-electron chi connectivity index (χ0n) is 9.59. The Hall–Kier alpha value is -1.85. The molecule has 1 aliphatic rings. The fourth-order valence-corrected chi connectivity index (χ4v) is 2.98. The Morgan fingerprint density at radius 2 is 2.21 bits per heavy atom. The number of aliphatic carboxylic acids is 1. The molecule has 0 spiro atoms. The van der Waals surface area contributed by atoms with Crippen LogP contribution in [-0.4, -0.2) is 16.8 Å². The number of benzene rings is 1. The minimum Gasteiger partial charge on any atom is -0.476 e. The number of oxime groups is 1. The third kappa shape index (κ3) is 2.22. The van der Waals surface area contributed by atoms with Crippen LogP contribution in [0.25, 0.3) is 10.4 Å². The van der Waals surface area contributed by atoms with Crippen LogP contribution in [0.3, 0.4) is 0 Å². The molecule has 0 bridgehead atoms. The number of carboxylic acid groups (broad SMARTS) is 1. The lowest BCUT2D eigenvalue weighted by Gasteiger charge is -2.14. The van der Waals surface area contributed by atoms with Crippen molar-refractivity contribution in [1.82, 2.24) is 0 Å². The Morgan fingerprint density at radius 3 is 2.89 bits per heavy atom. The topological polar surface area (TPSA) is 58.9 Å². The average molecular weight is 294 g/mol. The standard InChI is InChI=1S/C13H8ClNO3S/c14-11-4-3-10(19-11)7-1-2-9-8(5-7)6-18-15-12(9)13(16)17/h1-5H,6H2,(H,16,17). The zero-order chi connectivity index (χ0) is 13.4. The van der Waals surface area contributed by atoms with Crippen LogP contribution >= 0.6 is 22.9 Å². The molecule has 0 saturated carbocycles. The second-order valence-corrected chi connectivity index (χ2v) is 5.71. The molecule has 96 valence electrons.